The van der Waals surface area contributed by atoms with Crippen LogP contribution in [-0.4, -0.2) is 61.6 Å². The lowest BCUT2D eigenvalue weighted by molar-refractivity contribution is -0.149. The molecule has 8 heteroatoms. The molecule has 0 spiro atoms. The second-order valence-electron chi connectivity index (χ2n) is 9.83. The van der Waals surface area contributed by atoms with E-state index in [2.05, 4.69) is 5.32 Å². The number of hydrogen-bond donors (Lipinski definition) is 2. The van der Waals surface area contributed by atoms with Crippen LogP contribution in [0.5, 0.6) is 5.75 Å². The number of nitrogens with two attached hydrogens (primary N) is 1. The summed E-state index contributed by atoms with van der Waals surface area (Å²) < 4.78 is 10.7. The Hall–Kier alpha value is -3.91. The maximum absolute atomic E-state index is 13.8. The van der Waals surface area contributed by atoms with E-state index in [1.807, 2.05) is 93.6 Å². The number of esters is 1. The van der Waals surface area contributed by atoms with Crippen LogP contribution in [0, 0.1) is 0 Å². The summed E-state index contributed by atoms with van der Waals surface area (Å²) in [6, 6.07) is 15.0. The van der Waals surface area contributed by atoms with Gasteiger partial charge in [-0.25, -0.2) is 0 Å². The minimum atomic E-state index is -0.894. The molecule has 0 radical (unpaired) electrons. The lowest BCUT2D eigenvalue weighted by Gasteiger charge is -2.28. The summed E-state index contributed by atoms with van der Waals surface area (Å²) in [6.07, 6.45) is 8.88. The lowest BCUT2D eigenvalue weighted by atomic mass is 10.0. The van der Waals surface area contributed by atoms with Crippen molar-refractivity contribution in [1.29, 1.82) is 0 Å². The minimum absolute atomic E-state index is 0.141. The Morgan fingerprint density at radius 1 is 0.951 bits per heavy atom. The number of methoxy groups -OCH3 is 1. The van der Waals surface area contributed by atoms with E-state index >= 15 is 0 Å². The van der Waals surface area contributed by atoms with Crippen molar-refractivity contribution in [2.75, 3.05) is 26.8 Å². The monoisotopic (exact) mass is 563 g/mol. The number of carbonyl (C=O) groups is 3. The summed E-state index contributed by atoms with van der Waals surface area (Å²) >= 11 is 0. The molecule has 0 bridgehead atoms. The van der Waals surface area contributed by atoms with E-state index in [9.17, 15) is 14.4 Å². The average molecular weight is 564 g/mol. The average Bonchev–Trinajstić information content (AvgIpc) is 2.98. The third kappa shape index (κ3) is 12.0. The first kappa shape index (κ1) is 33.3. The number of hydrogen-bond acceptors (Lipinski definition) is 6. The first-order valence-electron chi connectivity index (χ1n) is 14.3. The van der Waals surface area contributed by atoms with Crippen molar-refractivity contribution >= 4 is 17.8 Å². The first-order valence-corrected chi connectivity index (χ1v) is 14.3. The molecule has 0 heterocycles. The van der Waals surface area contributed by atoms with E-state index in [0.29, 0.717) is 25.1 Å². The predicted octanol–water partition coefficient (Wildman–Crippen LogP) is 4.38. The van der Waals surface area contributed by atoms with E-state index in [4.69, 9.17) is 15.2 Å². The molecule has 0 aliphatic heterocycles. The second kappa shape index (κ2) is 18.4. The Bertz CT molecular complexity index is 1150. The van der Waals surface area contributed by atoms with Gasteiger partial charge in [-0.1, -0.05) is 81.5 Å². The quantitative estimate of drug-likeness (QED) is 0.218. The molecule has 41 heavy (non-hydrogen) atoms. The van der Waals surface area contributed by atoms with Crippen LogP contribution in [-0.2, 0) is 32.0 Å². The third-order valence-corrected chi connectivity index (χ3v) is 6.41. The fourth-order valence-corrected chi connectivity index (χ4v) is 4.27. The highest BCUT2D eigenvalue weighted by atomic mass is 16.5. The van der Waals surface area contributed by atoms with E-state index in [1.165, 1.54) is 4.90 Å². The molecule has 0 fully saturated rings. The van der Waals surface area contributed by atoms with Gasteiger partial charge in [0.1, 0.15) is 24.9 Å². The van der Waals surface area contributed by atoms with Gasteiger partial charge in [-0.2, -0.15) is 0 Å². The van der Waals surface area contributed by atoms with Crippen LogP contribution >= 0.6 is 0 Å². The van der Waals surface area contributed by atoms with E-state index < -0.39 is 24.0 Å². The molecule has 2 aromatic rings. The Balaban J connectivity index is 2.15. The largest absolute Gasteiger partial charge is 0.497 e. The fraction of sp³-hybridized carbons (Fsp3) is 0.424. The van der Waals surface area contributed by atoms with Gasteiger partial charge in [0.05, 0.1) is 13.2 Å². The van der Waals surface area contributed by atoms with Gasteiger partial charge in [-0.15, -0.1) is 0 Å². The summed E-state index contributed by atoms with van der Waals surface area (Å²) in [6.45, 7) is 6.27. The molecule has 2 atom stereocenters. The van der Waals surface area contributed by atoms with Gasteiger partial charge in [0.2, 0.25) is 11.8 Å². The molecule has 8 nitrogen and oxygen atoms in total. The Morgan fingerprint density at radius 2 is 1.63 bits per heavy atom. The Morgan fingerprint density at radius 3 is 2.24 bits per heavy atom. The molecule has 0 saturated carbocycles. The molecule has 0 aromatic heterocycles. The van der Waals surface area contributed by atoms with Crippen LogP contribution in [0.1, 0.15) is 51.2 Å². The van der Waals surface area contributed by atoms with Crippen LogP contribution in [0.3, 0.4) is 0 Å². The minimum Gasteiger partial charge on any atom is -0.497 e. The number of nitrogens with one attached hydrogen (secondary N) is 1. The van der Waals surface area contributed by atoms with Crippen LogP contribution in [0.15, 0.2) is 78.4 Å². The summed E-state index contributed by atoms with van der Waals surface area (Å²) in [5.41, 5.74) is 8.92. The van der Waals surface area contributed by atoms with Gasteiger partial charge >= 0.3 is 5.97 Å². The van der Waals surface area contributed by atoms with Gasteiger partial charge in [0.25, 0.3) is 0 Å². The second-order valence-corrected chi connectivity index (χ2v) is 9.83. The van der Waals surface area contributed by atoms with Gasteiger partial charge in [0.15, 0.2) is 0 Å². The van der Waals surface area contributed by atoms with Crippen molar-refractivity contribution < 1.29 is 23.9 Å². The smallest absolute Gasteiger partial charge is 0.325 e. The van der Waals surface area contributed by atoms with Gasteiger partial charge in [-0.3, -0.25) is 14.4 Å². The number of amides is 2. The number of benzene rings is 2. The van der Waals surface area contributed by atoms with Crippen molar-refractivity contribution in [1.82, 2.24) is 10.2 Å². The SMILES string of the molecule is CC/C=C\C(=C/CC)COC(=O)CN(CCC)C(=O)C(Cc1ccccc1)NC(=O)C(N)Cc1ccc(OC)cc1. The zero-order chi connectivity index (χ0) is 30.0. The zero-order valence-electron chi connectivity index (χ0n) is 24.8. The van der Waals surface area contributed by atoms with Crippen LogP contribution in [0.4, 0.5) is 0 Å². The van der Waals surface area contributed by atoms with Crippen LogP contribution in [0.2, 0.25) is 0 Å². The predicted molar refractivity (Wildman–Crippen MR) is 162 cm³/mol. The van der Waals surface area contributed by atoms with Crippen LogP contribution < -0.4 is 15.8 Å². The highest BCUT2D eigenvalue weighted by Gasteiger charge is 2.29. The lowest BCUT2D eigenvalue weighted by Crippen LogP contribution is -2.54. The van der Waals surface area contributed by atoms with Crippen LogP contribution in [0.25, 0.3) is 0 Å². The van der Waals surface area contributed by atoms with Crippen molar-refractivity contribution in [3.05, 3.63) is 89.5 Å². The highest BCUT2D eigenvalue weighted by Crippen LogP contribution is 2.13. The maximum atomic E-state index is 13.8. The molecule has 2 unspecified atom stereocenters. The summed E-state index contributed by atoms with van der Waals surface area (Å²) in [4.78, 5) is 41.2. The Labute approximate surface area is 244 Å². The number of rotatable bonds is 17. The molecular weight excluding hydrogens is 518 g/mol. The molecule has 2 rings (SSSR count). The number of allylic oxidation sites excluding steroid dienone is 2. The van der Waals surface area contributed by atoms with Crippen molar-refractivity contribution in [2.45, 2.75) is 65.0 Å². The summed E-state index contributed by atoms with van der Waals surface area (Å²) in [5.74, 6) is -0.580. The molecule has 222 valence electrons. The number of ether oxygens (including phenoxy) is 2. The topological polar surface area (TPSA) is 111 Å². The molecule has 0 aliphatic rings. The van der Waals surface area contributed by atoms with Crippen molar-refractivity contribution in [3.63, 3.8) is 0 Å². The van der Waals surface area contributed by atoms with Gasteiger partial charge in [0, 0.05) is 13.0 Å². The molecule has 0 saturated heterocycles. The fourth-order valence-electron chi connectivity index (χ4n) is 4.27. The molecular formula is C33H45N3O5. The molecule has 2 aromatic carbocycles. The van der Waals surface area contributed by atoms with Crippen molar-refractivity contribution in [3.8, 4) is 5.75 Å². The van der Waals surface area contributed by atoms with Crippen molar-refractivity contribution in [2.24, 2.45) is 5.73 Å². The summed E-state index contributed by atoms with van der Waals surface area (Å²) in [7, 11) is 1.59. The highest BCUT2D eigenvalue weighted by molar-refractivity contribution is 5.91. The first-order chi connectivity index (χ1) is 19.8. The van der Waals surface area contributed by atoms with E-state index in [1.54, 1.807) is 7.11 Å². The third-order valence-electron chi connectivity index (χ3n) is 6.41. The molecule has 3 N–H and O–H groups in total. The summed E-state index contributed by atoms with van der Waals surface area (Å²) in [5, 5.41) is 2.86. The normalized spacial score (nSPS) is 13.0. The Kier molecular flexibility index (Phi) is 15.0. The van der Waals surface area contributed by atoms with E-state index in [0.717, 1.165) is 29.5 Å². The van der Waals surface area contributed by atoms with Gasteiger partial charge in [-0.05, 0) is 54.5 Å². The molecule has 2 amide bonds. The number of nitrogens with zero attached hydrogens (tertiary/aromatic N) is 1. The number of carbonyl (C=O) groups excluding carboxylic acids is 3. The van der Waals surface area contributed by atoms with E-state index in [-0.39, 0.29) is 25.5 Å². The zero-order valence-corrected chi connectivity index (χ0v) is 24.8. The van der Waals surface area contributed by atoms with Gasteiger partial charge < -0.3 is 25.4 Å². The standard InChI is InChI=1S/C33H45N3O5/c1-5-8-13-27(12-6-2)24-41-31(37)23-36(20-7-3)33(39)30(22-25-14-10-9-11-15-25)35-32(38)29(34)21-26-16-18-28(40-4)19-17-26/h8-19,29-30H,5-7,20-24,34H2,1-4H3,(H,35,38)/b13-8-,27-12+. The molecule has 0 aliphatic carbocycles. The maximum Gasteiger partial charge on any atom is 0.325 e.